The number of nitrogens with zero attached hydrogens (tertiary/aromatic N) is 2. The molecule has 0 aliphatic rings. The van der Waals surface area contributed by atoms with Crippen LogP contribution in [-0.4, -0.2) is 28.9 Å². The van der Waals surface area contributed by atoms with Crippen molar-refractivity contribution >= 4 is 16.7 Å². The Hall–Kier alpha value is -5.02. The van der Waals surface area contributed by atoms with Gasteiger partial charge in [0.1, 0.15) is 5.69 Å². The van der Waals surface area contributed by atoms with Gasteiger partial charge >= 0.3 is 0 Å². The second-order valence-corrected chi connectivity index (χ2v) is 12.0. The second-order valence-electron chi connectivity index (χ2n) is 12.0. The van der Waals surface area contributed by atoms with E-state index in [2.05, 4.69) is 131 Å². The van der Waals surface area contributed by atoms with Crippen LogP contribution in [0.4, 0.5) is 0 Å². The van der Waals surface area contributed by atoms with E-state index >= 15 is 0 Å². The maximum atomic E-state index is 14.3. The first-order chi connectivity index (χ1) is 21.8. The topological polar surface area (TPSA) is 33.2 Å². The number of hydrogen-bond acceptors (Lipinski definition) is 2. The average molecular weight is 589 g/mol. The predicted octanol–water partition coefficient (Wildman–Crippen LogP) is 10.6. The number of hydrogen-bond donors (Lipinski definition) is 0. The van der Waals surface area contributed by atoms with Crippen LogP contribution in [-0.2, 0) is 0 Å². The summed E-state index contributed by atoms with van der Waals surface area (Å²) in [6, 6.07) is 37.1. The van der Waals surface area contributed by atoms with Crippen LogP contribution in [0.5, 0.6) is 0 Å². The molecule has 0 unspecified atom stereocenters. The van der Waals surface area contributed by atoms with E-state index in [4.69, 9.17) is 4.98 Å². The molecule has 0 spiro atoms. The first kappa shape index (κ1) is 30.0. The fourth-order valence-corrected chi connectivity index (χ4v) is 6.30. The number of carbonyl (C=O) groups excluding carboxylic acids is 1. The second kappa shape index (κ2) is 12.5. The van der Waals surface area contributed by atoms with Gasteiger partial charge in [-0.05, 0) is 91.9 Å². The van der Waals surface area contributed by atoms with Crippen LogP contribution in [0.1, 0.15) is 46.6 Å². The van der Waals surface area contributed by atoms with Crippen molar-refractivity contribution in [3.63, 3.8) is 0 Å². The zero-order valence-electron chi connectivity index (χ0n) is 27.1. The van der Waals surface area contributed by atoms with Crippen LogP contribution in [0.15, 0.2) is 109 Å². The van der Waals surface area contributed by atoms with Crippen LogP contribution in [0.25, 0.3) is 55.3 Å². The van der Waals surface area contributed by atoms with Crippen molar-refractivity contribution in [1.29, 1.82) is 0 Å². The molecule has 0 saturated carbocycles. The van der Waals surface area contributed by atoms with Gasteiger partial charge in [0.25, 0.3) is 5.91 Å². The van der Waals surface area contributed by atoms with Crippen LogP contribution in [0.2, 0.25) is 0 Å². The molecule has 5 aromatic carbocycles. The highest BCUT2D eigenvalue weighted by molar-refractivity contribution is 6.22. The maximum Gasteiger partial charge on any atom is 0.273 e. The lowest BCUT2D eigenvalue weighted by Gasteiger charge is -2.26. The Balaban J connectivity index is 1.92. The zero-order chi connectivity index (χ0) is 31.7. The summed E-state index contributed by atoms with van der Waals surface area (Å²) in [6.07, 6.45) is 1.81. The molecule has 0 aliphatic carbocycles. The lowest BCUT2D eigenvalue weighted by molar-refractivity contribution is 0.0769. The van der Waals surface area contributed by atoms with Gasteiger partial charge in [-0.2, -0.15) is 0 Å². The molecule has 1 amide bonds. The van der Waals surface area contributed by atoms with Crippen LogP contribution >= 0.6 is 0 Å². The third kappa shape index (κ3) is 5.67. The van der Waals surface area contributed by atoms with Gasteiger partial charge in [0.2, 0.25) is 0 Å². The molecule has 224 valence electrons. The molecule has 1 heterocycles. The number of aromatic nitrogens is 1. The zero-order valence-corrected chi connectivity index (χ0v) is 27.1. The summed E-state index contributed by atoms with van der Waals surface area (Å²) in [4.78, 5) is 21.0. The van der Waals surface area contributed by atoms with E-state index in [-0.39, 0.29) is 5.91 Å². The fraction of sp³-hybridized carbons (Fsp3) is 0.190. The molecule has 6 aromatic rings. The smallest absolute Gasteiger partial charge is 0.273 e. The molecule has 1 aromatic heterocycles. The Morgan fingerprint density at radius 1 is 0.511 bits per heavy atom. The van der Waals surface area contributed by atoms with Crippen LogP contribution in [0.3, 0.4) is 0 Å². The molecule has 0 atom stereocenters. The van der Waals surface area contributed by atoms with Gasteiger partial charge in [-0.15, -0.1) is 0 Å². The molecule has 3 nitrogen and oxygen atoms in total. The molecular formula is C42H40N2O. The molecule has 0 fully saturated rings. The van der Waals surface area contributed by atoms with E-state index in [0.29, 0.717) is 18.8 Å². The molecule has 0 N–H and O–H groups in total. The Morgan fingerprint density at radius 3 is 1.27 bits per heavy atom. The highest BCUT2D eigenvalue weighted by atomic mass is 16.2. The Labute approximate surface area is 267 Å². The maximum absolute atomic E-state index is 14.3. The minimum atomic E-state index is -0.0493. The number of benzene rings is 5. The summed E-state index contributed by atoms with van der Waals surface area (Å²) in [5, 5.41) is 1.91. The van der Waals surface area contributed by atoms with Gasteiger partial charge in [0, 0.05) is 30.2 Å². The van der Waals surface area contributed by atoms with Crippen LogP contribution in [0, 0.1) is 27.7 Å². The number of aryl methyl sites for hydroxylation is 4. The highest BCUT2D eigenvalue weighted by Gasteiger charge is 2.28. The van der Waals surface area contributed by atoms with Gasteiger partial charge in [0.05, 0.1) is 0 Å². The monoisotopic (exact) mass is 588 g/mol. The largest absolute Gasteiger partial charge is 0.338 e. The molecule has 0 saturated heterocycles. The predicted molar refractivity (Wildman–Crippen MR) is 190 cm³/mol. The number of fused-ring (bicyclic) bond motifs is 1. The third-order valence-electron chi connectivity index (χ3n) is 8.83. The van der Waals surface area contributed by atoms with Crippen molar-refractivity contribution in [2.24, 2.45) is 0 Å². The van der Waals surface area contributed by atoms with Gasteiger partial charge in [-0.1, -0.05) is 119 Å². The Bertz CT molecular complexity index is 1980. The van der Waals surface area contributed by atoms with E-state index in [0.717, 1.165) is 55.3 Å². The van der Waals surface area contributed by atoms with Gasteiger partial charge in [0.15, 0.2) is 0 Å². The standard InChI is InChI=1S/C42H40N2O/c1-7-44(8-2)42(45)41-40-35(25-26-43-41)36(31-17-9-27(3)10-18-31)37(32-19-11-28(4)12-20-32)38(33-21-13-29(5)14-22-33)39(40)34-23-15-30(6)16-24-34/h9-26H,7-8H2,1-6H3. The molecule has 3 heteroatoms. The first-order valence-corrected chi connectivity index (χ1v) is 15.9. The molecule has 0 bridgehead atoms. The van der Waals surface area contributed by atoms with E-state index in [1.807, 2.05) is 18.7 Å². The lowest BCUT2D eigenvalue weighted by Crippen LogP contribution is -2.31. The summed E-state index contributed by atoms with van der Waals surface area (Å²) < 4.78 is 0. The quantitative estimate of drug-likeness (QED) is 0.186. The summed E-state index contributed by atoms with van der Waals surface area (Å²) in [5.74, 6) is -0.0493. The number of pyridine rings is 1. The average Bonchev–Trinajstić information content (AvgIpc) is 3.06. The normalized spacial score (nSPS) is 11.2. The number of amides is 1. The molecule has 0 aliphatic heterocycles. The number of carbonyl (C=O) groups is 1. The summed E-state index contributed by atoms with van der Waals surface area (Å²) in [6.45, 7) is 13.8. The van der Waals surface area contributed by atoms with Gasteiger partial charge in [-0.25, -0.2) is 0 Å². The van der Waals surface area contributed by atoms with Crippen molar-refractivity contribution in [3.8, 4) is 44.5 Å². The Kier molecular flexibility index (Phi) is 8.36. The summed E-state index contributed by atoms with van der Waals surface area (Å²) >= 11 is 0. The highest BCUT2D eigenvalue weighted by Crippen LogP contribution is 2.51. The van der Waals surface area contributed by atoms with Gasteiger partial charge in [-0.3, -0.25) is 9.78 Å². The lowest BCUT2D eigenvalue weighted by atomic mass is 9.78. The van der Waals surface area contributed by atoms with E-state index < -0.39 is 0 Å². The minimum Gasteiger partial charge on any atom is -0.338 e. The van der Waals surface area contributed by atoms with Crippen LogP contribution < -0.4 is 0 Å². The first-order valence-electron chi connectivity index (χ1n) is 15.9. The fourth-order valence-electron chi connectivity index (χ4n) is 6.30. The molecule has 6 rings (SSSR count). The van der Waals surface area contributed by atoms with Crippen molar-refractivity contribution in [3.05, 3.63) is 137 Å². The number of rotatable bonds is 7. The van der Waals surface area contributed by atoms with E-state index in [1.54, 1.807) is 6.20 Å². The van der Waals surface area contributed by atoms with Crippen molar-refractivity contribution in [2.45, 2.75) is 41.5 Å². The molecule has 0 radical (unpaired) electrons. The SMILES string of the molecule is CCN(CC)C(=O)c1nccc2c(-c3ccc(C)cc3)c(-c3ccc(C)cc3)c(-c3ccc(C)cc3)c(-c3ccc(C)cc3)c12. The van der Waals surface area contributed by atoms with Crippen molar-refractivity contribution < 1.29 is 4.79 Å². The van der Waals surface area contributed by atoms with E-state index in [9.17, 15) is 4.79 Å². The molecular weight excluding hydrogens is 548 g/mol. The Morgan fingerprint density at radius 2 is 0.867 bits per heavy atom. The third-order valence-corrected chi connectivity index (χ3v) is 8.83. The van der Waals surface area contributed by atoms with E-state index in [1.165, 1.54) is 22.3 Å². The van der Waals surface area contributed by atoms with Crippen molar-refractivity contribution in [1.82, 2.24) is 9.88 Å². The van der Waals surface area contributed by atoms with Crippen molar-refractivity contribution in [2.75, 3.05) is 13.1 Å². The summed E-state index contributed by atoms with van der Waals surface area (Å²) in [7, 11) is 0. The molecule has 45 heavy (non-hydrogen) atoms. The minimum absolute atomic E-state index is 0.0493. The van der Waals surface area contributed by atoms with Gasteiger partial charge < -0.3 is 4.90 Å². The summed E-state index contributed by atoms with van der Waals surface area (Å²) in [5.41, 5.74) is 14.1.